The maximum atomic E-state index is 13.1. The van der Waals surface area contributed by atoms with Gasteiger partial charge in [0.1, 0.15) is 19.3 Å². The van der Waals surface area contributed by atoms with Crippen molar-refractivity contribution in [3.05, 3.63) is 60.8 Å². The minimum absolute atomic E-state index is 0.0811. The predicted molar refractivity (Wildman–Crippen MR) is 400 cm³/mol. The van der Waals surface area contributed by atoms with Gasteiger partial charge in [-0.25, -0.2) is 9.13 Å². The summed E-state index contributed by atoms with van der Waals surface area (Å²) in [5.74, 6) is -2.18. The Balaban J connectivity index is 5.34. The monoisotopic (exact) mass is 1430 g/mol. The largest absolute Gasteiger partial charge is 0.472 e. The van der Waals surface area contributed by atoms with Crippen molar-refractivity contribution in [1.29, 1.82) is 0 Å². The number of carbonyl (C=O) groups excluding carboxylic acids is 4. The van der Waals surface area contributed by atoms with Crippen molar-refractivity contribution in [3.63, 3.8) is 0 Å². The number of allylic oxidation sites excluding steroid dienone is 10. The van der Waals surface area contributed by atoms with Crippen LogP contribution in [0.3, 0.4) is 0 Å². The average molecular weight is 1430 g/mol. The fourth-order valence-electron chi connectivity index (χ4n) is 10.9. The number of phosphoric acid groups is 2. The third-order valence-corrected chi connectivity index (χ3v) is 18.9. The fraction of sp³-hybridized carbons (Fsp3) is 0.823. The first-order chi connectivity index (χ1) is 47.7. The zero-order valence-electron chi connectivity index (χ0n) is 62.5. The van der Waals surface area contributed by atoms with Crippen LogP contribution in [0.1, 0.15) is 362 Å². The Morgan fingerprint density at radius 2 is 0.500 bits per heavy atom. The number of aliphatic hydroxyl groups excluding tert-OH is 1. The molecule has 572 valence electrons. The molecule has 0 rings (SSSR count). The molecular weight excluding hydrogens is 1280 g/mol. The summed E-state index contributed by atoms with van der Waals surface area (Å²) in [6.45, 7) is 4.84. The van der Waals surface area contributed by atoms with E-state index in [0.29, 0.717) is 25.7 Å². The lowest BCUT2D eigenvalue weighted by molar-refractivity contribution is -0.161. The van der Waals surface area contributed by atoms with E-state index < -0.39 is 97.5 Å². The molecule has 0 radical (unpaired) electrons. The van der Waals surface area contributed by atoms with E-state index in [1.807, 2.05) is 0 Å². The molecule has 0 aliphatic heterocycles. The van der Waals surface area contributed by atoms with Gasteiger partial charge in [-0.1, -0.05) is 281 Å². The van der Waals surface area contributed by atoms with Crippen LogP contribution in [0.25, 0.3) is 0 Å². The normalized spacial score (nSPS) is 14.2. The maximum absolute atomic E-state index is 13.1. The molecule has 0 spiro atoms. The number of unbranched alkanes of at least 4 members (excludes halogenated alkanes) is 39. The summed E-state index contributed by atoms with van der Waals surface area (Å²) in [4.78, 5) is 72.9. The SMILES string of the molecule is CCCCC/C=C\C/C=C\CCCCCCCC(=O)OC[C@H](COP(=O)(O)OC[C@H](O)COP(=O)(O)OC[C@@H](COC(=O)CCCCCCC/C=C\CCCCCCCC)OC(=O)CCCCCCC/C=C\C/C=C\CCCCC)OC(=O)CCCCCCCCCCCCCCC. The van der Waals surface area contributed by atoms with Gasteiger partial charge >= 0.3 is 39.5 Å². The van der Waals surface area contributed by atoms with E-state index >= 15 is 0 Å². The van der Waals surface area contributed by atoms with Crippen LogP contribution in [-0.4, -0.2) is 96.7 Å². The molecule has 0 bridgehead atoms. The topological polar surface area (TPSA) is 237 Å². The Bertz CT molecular complexity index is 2100. The molecule has 0 amide bonds. The third kappa shape index (κ3) is 71.2. The number of aliphatic hydroxyl groups is 1. The third-order valence-electron chi connectivity index (χ3n) is 17.0. The quantitative estimate of drug-likeness (QED) is 0.0169. The van der Waals surface area contributed by atoms with Crippen LogP contribution in [0.15, 0.2) is 60.8 Å². The van der Waals surface area contributed by atoms with Crippen molar-refractivity contribution in [2.45, 2.75) is 380 Å². The van der Waals surface area contributed by atoms with Gasteiger partial charge in [0, 0.05) is 25.7 Å². The molecule has 3 N–H and O–H groups in total. The number of phosphoric ester groups is 2. The Morgan fingerprint density at radius 3 is 0.786 bits per heavy atom. The van der Waals surface area contributed by atoms with Gasteiger partial charge in [-0.3, -0.25) is 37.3 Å². The first-order valence-electron chi connectivity index (χ1n) is 39.5. The molecular formula is C79H144O17P2. The van der Waals surface area contributed by atoms with Crippen LogP contribution < -0.4 is 0 Å². The van der Waals surface area contributed by atoms with Gasteiger partial charge in [0.15, 0.2) is 12.2 Å². The summed E-state index contributed by atoms with van der Waals surface area (Å²) in [5, 5.41) is 10.6. The van der Waals surface area contributed by atoms with E-state index in [-0.39, 0.29) is 25.7 Å². The molecule has 5 atom stereocenters. The van der Waals surface area contributed by atoms with Crippen LogP contribution in [0.5, 0.6) is 0 Å². The van der Waals surface area contributed by atoms with Crippen LogP contribution in [-0.2, 0) is 65.4 Å². The second kappa shape index (κ2) is 72.1. The van der Waals surface area contributed by atoms with Crippen molar-refractivity contribution in [1.82, 2.24) is 0 Å². The molecule has 0 aliphatic rings. The van der Waals surface area contributed by atoms with Crippen LogP contribution in [0.2, 0.25) is 0 Å². The molecule has 0 fully saturated rings. The lowest BCUT2D eigenvalue weighted by Crippen LogP contribution is -2.30. The van der Waals surface area contributed by atoms with Gasteiger partial charge in [0.25, 0.3) is 0 Å². The zero-order chi connectivity index (χ0) is 71.8. The van der Waals surface area contributed by atoms with Gasteiger partial charge in [0.2, 0.25) is 0 Å². The molecule has 17 nitrogen and oxygen atoms in total. The van der Waals surface area contributed by atoms with Gasteiger partial charge in [-0.2, -0.15) is 0 Å². The first kappa shape index (κ1) is 94.8. The van der Waals surface area contributed by atoms with E-state index in [2.05, 4.69) is 88.5 Å². The summed E-state index contributed by atoms with van der Waals surface area (Å²) in [7, 11) is -9.94. The van der Waals surface area contributed by atoms with Crippen LogP contribution in [0.4, 0.5) is 0 Å². The van der Waals surface area contributed by atoms with Crippen molar-refractivity contribution in [2.75, 3.05) is 39.6 Å². The summed E-state index contributed by atoms with van der Waals surface area (Å²) >= 11 is 0. The highest BCUT2D eigenvalue weighted by molar-refractivity contribution is 7.47. The molecule has 0 aromatic rings. The first-order valence-corrected chi connectivity index (χ1v) is 42.5. The van der Waals surface area contributed by atoms with E-state index in [0.717, 1.165) is 154 Å². The highest BCUT2D eigenvalue weighted by Crippen LogP contribution is 2.45. The molecule has 0 aliphatic carbocycles. The van der Waals surface area contributed by atoms with Crippen LogP contribution >= 0.6 is 15.6 Å². The van der Waals surface area contributed by atoms with Crippen LogP contribution in [0, 0.1) is 0 Å². The van der Waals surface area contributed by atoms with Crippen molar-refractivity contribution in [2.24, 2.45) is 0 Å². The van der Waals surface area contributed by atoms with Gasteiger partial charge in [-0.05, 0) is 116 Å². The van der Waals surface area contributed by atoms with Gasteiger partial charge in [0.05, 0.1) is 26.4 Å². The number of hydrogen-bond acceptors (Lipinski definition) is 15. The zero-order valence-corrected chi connectivity index (χ0v) is 64.3. The maximum Gasteiger partial charge on any atom is 0.472 e. The highest BCUT2D eigenvalue weighted by Gasteiger charge is 2.30. The van der Waals surface area contributed by atoms with E-state index in [9.17, 15) is 43.2 Å². The molecule has 0 saturated heterocycles. The minimum atomic E-state index is -4.97. The van der Waals surface area contributed by atoms with E-state index in [1.54, 1.807) is 0 Å². The summed E-state index contributed by atoms with van der Waals surface area (Å²) in [6.07, 6.45) is 70.5. The number of carbonyl (C=O) groups is 4. The summed E-state index contributed by atoms with van der Waals surface area (Å²) in [5.41, 5.74) is 0. The van der Waals surface area contributed by atoms with Gasteiger partial charge in [-0.15, -0.1) is 0 Å². The van der Waals surface area contributed by atoms with E-state index in [4.69, 9.17) is 37.0 Å². The highest BCUT2D eigenvalue weighted by atomic mass is 31.2. The second-order valence-electron chi connectivity index (χ2n) is 26.7. The Labute approximate surface area is 597 Å². The Morgan fingerprint density at radius 1 is 0.286 bits per heavy atom. The molecule has 98 heavy (non-hydrogen) atoms. The fourth-order valence-corrected chi connectivity index (χ4v) is 12.4. The predicted octanol–water partition coefficient (Wildman–Crippen LogP) is 22.7. The Kier molecular flexibility index (Phi) is 69.7. The molecule has 0 saturated carbocycles. The minimum Gasteiger partial charge on any atom is -0.462 e. The van der Waals surface area contributed by atoms with Crippen molar-refractivity contribution >= 4 is 39.5 Å². The second-order valence-corrected chi connectivity index (χ2v) is 29.6. The molecule has 2 unspecified atom stereocenters. The summed E-state index contributed by atoms with van der Waals surface area (Å²) < 4.78 is 68.5. The molecule has 0 aromatic heterocycles. The smallest absolute Gasteiger partial charge is 0.462 e. The van der Waals surface area contributed by atoms with Gasteiger partial charge < -0.3 is 33.8 Å². The van der Waals surface area contributed by atoms with Crippen molar-refractivity contribution < 1.29 is 80.2 Å². The standard InChI is InChI=1S/C79H144O17P2/c1-5-9-13-17-21-25-29-33-36-40-43-47-51-55-59-63-76(81)89-69-74(95-78(83)65-61-57-53-49-45-39-32-28-24-20-16-12-8-4)71-93-97(85,86)91-67-73(80)68-92-98(87,88)94-72-75(96-79(84)66-62-58-54-50-46-42-38-35-31-27-23-19-15-11-7-3)70-90-77(82)64-60-56-52-48-44-41-37-34-30-26-22-18-14-10-6-2/h21,23,25,27,33-38,73-75,80H,5-20,22,24,26,28-32,39-72H2,1-4H3,(H,85,86)(H,87,88)/b25-21-,27-23-,36-33-,37-34-,38-35-/t73-,74+,75+/m0/s1. The number of rotatable bonds is 75. The number of hydrogen-bond donors (Lipinski definition) is 3. The van der Waals surface area contributed by atoms with Crippen molar-refractivity contribution in [3.8, 4) is 0 Å². The molecule has 0 heterocycles. The average Bonchev–Trinajstić information content (AvgIpc) is 0.959. The lowest BCUT2D eigenvalue weighted by Gasteiger charge is -2.21. The Hall–Kier alpha value is -3.24. The lowest BCUT2D eigenvalue weighted by atomic mass is 10.0. The summed E-state index contributed by atoms with van der Waals surface area (Å²) in [6, 6.07) is 0. The number of esters is 4. The molecule has 19 heteroatoms. The number of ether oxygens (including phenoxy) is 4. The van der Waals surface area contributed by atoms with E-state index in [1.165, 1.54) is 128 Å². The molecule has 0 aromatic carbocycles.